The van der Waals surface area contributed by atoms with Crippen molar-refractivity contribution in [3.63, 3.8) is 0 Å². The van der Waals surface area contributed by atoms with E-state index in [2.05, 4.69) is 25.5 Å². The molecule has 21 heavy (non-hydrogen) atoms. The zero-order valence-corrected chi connectivity index (χ0v) is 12.9. The fourth-order valence-corrected chi connectivity index (χ4v) is 3.03. The number of nitrogens with zero attached hydrogens (tertiary/aromatic N) is 1. The lowest BCUT2D eigenvalue weighted by molar-refractivity contribution is -0.890. The van der Waals surface area contributed by atoms with Gasteiger partial charge in [-0.15, -0.1) is 11.3 Å². The highest BCUT2D eigenvalue weighted by atomic mass is 32.1. The predicted molar refractivity (Wildman–Crippen MR) is 83.4 cm³/mol. The van der Waals surface area contributed by atoms with Crippen molar-refractivity contribution in [1.82, 2.24) is 5.32 Å². The number of hydrogen-bond donors (Lipinski definition) is 2. The second-order valence-corrected chi connectivity index (χ2v) is 6.02. The van der Waals surface area contributed by atoms with Crippen molar-refractivity contribution in [1.29, 1.82) is 5.26 Å². The molecule has 1 aromatic heterocycles. The van der Waals surface area contributed by atoms with E-state index in [-0.39, 0.29) is 11.9 Å². The Balaban J connectivity index is 2.00. The molecule has 2 rings (SSSR count). The Morgan fingerprint density at radius 2 is 2.05 bits per heavy atom. The minimum atomic E-state index is -0.109. The van der Waals surface area contributed by atoms with Crippen LogP contribution in [0.4, 0.5) is 0 Å². The maximum Gasteiger partial charge on any atom is 0.251 e. The molecule has 0 saturated heterocycles. The Kier molecular flexibility index (Phi) is 5.09. The fourth-order valence-electron chi connectivity index (χ4n) is 2.07. The first-order chi connectivity index (χ1) is 10.1. The van der Waals surface area contributed by atoms with Gasteiger partial charge in [-0.05, 0) is 35.7 Å². The van der Waals surface area contributed by atoms with Gasteiger partial charge in [-0.25, -0.2) is 0 Å². The maximum atomic E-state index is 12.1. The van der Waals surface area contributed by atoms with Gasteiger partial charge >= 0.3 is 0 Å². The topological polar surface area (TPSA) is 57.3 Å². The Morgan fingerprint density at radius 3 is 2.57 bits per heavy atom. The largest absolute Gasteiger partial charge is 0.346 e. The van der Waals surface area contributed by atoms with Gasteiger partial charge in [-0.1, -0.05) is 6.07 Å². The summed E-state index contributed by atoms with van der Waals surface area (Å²) in [5.41, 5.74) is 1.13. The van der Waals surface area contributed by atoms with E-state index in [1.54, 1.807) is 35.6 Å². The van der Waals surface area contributed by atoms with Crippen LogP contribution >= 0.6 is 11.3 Å². The van der Waals surface area contributed by atoms with E-state index in [1.807, 2.05) is 17.5 Å². The van der Waals surface area contributed by atoms with Crippen molar-refractivity contribution >= 4 is 17.2 Å². The molecule has 0 bridgehead atoms. The number of amides is 1. The molecule has 1 aromatic carbocycles. The highest BCUT2D eigenvalue weighted by Crippen LogP contribution is 2.15. The molecule has 0 aliphatic carbocycles. The third-order valence-electron chi connectivity index (χ3n) is 3.33. The summed E-state index contributed by atoms with van der Waals surface area (Å²) in [6.45, 7) is 0.585. The number of thiophene rings is 1. The van der Waals surface area contributed by atoms with Crippen LogP contribution in [0.2, 0.25) is 0 Å². The SMILES string of the molecule is C[NH+](C)[C@@H](CNC(=O)c1ccc(C#N)cc1)c1cccs1. The van der Waals surface area contributed by atoms with Crippen molar-refractivity contribution in [2.24, 2.45) is 0 Å². The third kappa shape index (κ3) is 3.91. The smallest absolute Gasteiger partial charge is 0.251 e. The molecule has 1 amide bonds. The second-order valence-electron chi connectivity index (χ2n) is 5.04. The van der Waals surface area contributed by atoms with Crippen LogP contribution in [0.25, 0.3) is 0 Å². The van der Waals surface area contributed by atoms with Crippen LogP contribution in [0.15, 0.2) is 41.8 Å². The number of nitriles is 1. The first-order valence-electron chi connectivity index (χ1n) is 6.73. The van der Waals surface area contributed by atoms with E-state index in [9.17, 15) is 4.79 Å². The zero-order chi connectivity index (χ0) is 15.2. The molecule has 0 unspecified atom stereocenters. The summed E-state index contributed by atoms with van der Waals surface area (Å²) in [5, 5.41) is 13.8. The number of carbonyl (C=O) groups excluding carboxylic acids is 1. The molecule has 0 aliphatic rings. The normalized spacial score (nSPS) is 11.9. The number of quaternary nitrogens is 1. The van der Waals surface area contributed by atoms with Crippen molar-refractivity contribution < 1.29 is 9.69 Å². The van der Waals surface area contributed by atoms with E-state index in [1.165, 1.54) is 9.78 Å². The highest BCUT2D eigenvalue weighted by molar-refractivity contribution is 7.10. The number of hydrogen-bond acceptors (Lipinski definition) is 3. The maximum absolute atomic E-state index is 12.1. The number of nitrogens with one attached hydrogen (secondary N) is 2. The van der Waals surface area contributed by atoms with Gasteiger partial charge in [0.05, 0.1) is 37.1 Å². The van der Waals surface area contributed by atoms with Gasteiger partial charge in [0, 0.05) is 5.56 Å². The molecule has 0 fully saturated rings. The number of carbonyl (C=O) groups is 1. The second kappa shape index (κ2) is 7.02. The lowest BCUT2D eigenvalue weighted by atomic mass is 10.1. The quantitative estimate of drug-likeness (QED) is 0.873. The van der Waals surface area contributed by atoms with Crippen LogP contribution in [0.3, 0.4) is 0 Å². The van der Waals surface area contributed by atoms with Gasteiger partial charge in [0.25, 0.3) is 5.91 Å². The van der Waals surface area contributed by atoms with E-state index in [0.717, 1.165) is 0 Å². The van der Waals surface area contributed by atoms with Gasteiger partial charge in [0.2, 0.25) is 0 Å². The molecule has 2 N–H and O–H groups in total. The molecule has 5 heteroatoms. The molecule has 0 aliphatic heterocycles. The Hall–Kier alpha value is -2.16. The molecular weight excluding hydrogens is 282 g/mol. The average Bonchev–Trinajstić information content (AvgIpc) is 3.01. The molecular formula is C16H18N3OS+. The Labute approximate surface area is 128 Å². The van der Waals surface area contributed by atoms with Crippen LogP contribution < -0.4 is 10.2 Å². The number of rotatable bonds is 5. The number of benzene rings is 1. The van der Waals surface area contributed by atoms with Crippen LogP contribution in [-0.4, -0.2) is 26.5 Å². The first-order valence-corrected chi connectivity index (χ1v) is 7.61. The lowest BCUT2D eigenvalue weighted by Crippen LogP contribution is -3.06. The van der Waals surface area contributed by atoms with Crippen LogP contribution in [0, 0.1) is 11.3 Å². The summed E-state index contributed by atoms with van der Waals surface area (Å²) in [6, 6.07) is 13.1. The molecule has 0 radical (unpaired) electrons. The molecule has 108 valence electrons. The average molecular weight is 300 g/mol. The molecule has 0 saturated carbocycles. The fraction of sp³-hybridized carbons (Fsp3) is 0.250. The standard InChI is InChI=1S/C16H17N3OS/c1-19(2)14(15-4-3-9-21-15)11-18-16(20)13-7-5-12(10-17)6-8-13/h3-9,14H,11H2,1-2H3,(H,18,20)/p+1/t14-/m0/s1. The van der Waals surface area contributed by atoms with Gasteiger partial charge in [-0.3, -0.25) is 4.79 Å². The summed E-state index contributed by atoms with van der Waals surface area (Å²) >= 11 is 1.70. The predicted octanol–water partition coefficient (Wildman–Crippen LogP) is 1.24. The third-order valence-corrected chi connectivity index (χ3v) is 4.31. The van der Waals surface area contributed by atoms with Gasteiger partial charge in [0.1, 0.15) is 6.04 Å². The molecule has 2 aromatic rings. The molecule has 1 atom stereocenters. The zero-order valence-electron chi connectivity index (χ0n) is 12.1. The summed E-state index contributed by atoms with van der Waals surface area (Å²) in [5.74, 6) is -0.109. The highest BCUT2D eigenvalue weighted by Gasteiger charge is 2.19. The van der Waals surface area contributed by atoms with Crippen LogP contribution in [0.1, 0.15) is 26.8 Å². The molecule has 1 heterocycles. The summed E-state index contributed by atoms with van der Waals surface area (Å²) in [4.78, 5) is 14.7. The van der Waals surface area contributed by atoms with Crippen molar-refractivity contribution in [3.05, 3.63) is 57.8 Å². The summed E-state index contributed by atoms with van der Waals surface area (Å²) in [6.07, 6.45) is 0. The van der Waals surface area contributed by atoms with Gasteiger partial charge in [-0.2, -0.15) is 5.26 Å². The lowest BCUT2D eigenvalue weighted by Gasteiger charge is -2.20. The van der Waals surface area contributed by atoms with E-state index in [0.29, 0.717) is 17.7 Å². The van der Waals surface area contributed by atoms with Crippen molar-refractivity contribution in [2.75, 3.05) is 20.6 Å². The monoisotopic (exact) mass is 300 g/mol. The summed E-state index contributed by atoms with van der Waals surface area (Å²) in [7, 11) is 4.16. The minimum absolute atomic E-state index is 0.109. The van der Waals surface area contributed by atoms with Gasteiger partial charge in [0.15, 0.2) is 0 Å². The summed E-state index contributed by atoms with van der Waals surface area (Å²) < 4.78 is 0. The first kappa shape index (κ1) is 15.2. The van der Waals surface area contributed by atoms with Crippen LogP contribution in [-0.2, 0) is 0 Å². The van der Waals surface area contributed by atoms with E-state index in [4.69, 9.17) is 5.26 Å². The Bertz CT molecular complexity index is 627. The van der Waals surface area contributed by atoms with Crippen molar-refractivity contribution in [3.8, 4) is 6.07 Å². The van der Waals surface area contributed by atoms with E-state index >= 15 is 0 Å². The van der Waals surface area contributed by atoms with E-state index < -0.39 is 0 Å². The Morgan fingerprint density at radius 1 is 1.33 bits per heavy atom. The van der Waals surface area contributed by atoms with Gasteiger partial charge < -0.3 is 10.2 Å². The molecule has 0 spiro atoms. The number of likely N-dealkylation sites (N-methyl/N-ethyl adjacent to an activating group) is 1. The van der Waals surface area contributed by atoms with Crippen LogP contribution in [0.5, 0.6) is 0 Å². The minimum Gasteiger partial charge on any atom is -0.346 e. The molecule has 4 nitrogen and oxygen atoms in total. The van der Waals surface area contributed by atoms with Crippen molar-refractivity contribution in [2.45, 2.75) is 6.04 Å².